The molecule has 9 heteroatoms. The third kappa shape index (κ3) is 7.82. The molecule has 0 saturated carbocycles. The number of hydrogen-bond donors (Lipinski definition) is 2. The monoisotopic (exact) mass is 517 g/mol. The quantitative estimate of drug-likeness (QED) is 0.368. The number of halogens is 1. The Morgan fingerprint density at radius 1 is 1.27 bits per heavy atom. The van der Waals surface area contributed by atoms with E-state index in [9.17, 15) is 14.3 Å². The minimum atomic E-state index is -0.413. The molecule has 3 rings (SSSR count). The van der Waals surface area contributed by atoms with E-state index in [1.54, 1.807) is 25.3 Å². The van der Waals surface area contributed by atoms with Crippen LogP contribution in [0.15, 0.2) is 24.3 Å². The van der Waals surface area contributed by atoms with E-state index >= 15 is 0 Å². The van der Waals surface area contributed by atoms with Crippen LogP contribution in [0.2, 0.25) is 0 Å². The molecule has 1 unspecified atom stereocenters. The number of unbranched alkanes of at least 4 members (excludes halogenated alkanes) is 2. The van der Waals surface area contributed by atoms with Gasteiger partial charge in [-0.15, -0.1) is 5.10 Å². The van der Waals surface area contributed by atoms with Gasteiger partial charge in [-0.3, -0.25) is 4.79 Å². The molecule has 0 bridgehead atoms. The Kier molecular flexibility index (Phi) is 11.5. The van der Waals surface area contributed by atoms with Gasteiger partial charge in [0.25, 0.3) is 5.91 Å². The van der Waals surface area contributed by atoms with Crippen LogP contribution >= 0.6 is 0 Å². The van der Waals surface area contributed by atoms with Crippen LogP contribution in [0.25, 0.3) is 5.69 Å². The van der Waals surface area contributed by atoms with E-state index in [2.05, 4.69) is 36.4 Å². The molecule has 206 valence electrons. The van der Waals surface area contributed by atoms with Gasteiger partial charge in [-0.25, -0.2) is 9.07 Å². The summed E-state index contributed by atoms with van der Waals surface area (Å²) >= 11 is 0. The average molecular weight is 518 g/mol. The van der Waals surface area contributed by atoms with Crippen molar-refractivity contribution in [2.75, 3.05) is 33.4 Å². The molecule has 1 aromatic carbocycles. The van der Waals surface area contributed by atoms with E-state index in [1.807, 2.05) is 4.90 Å². The van der Waals surface area contributed by atoms with Crippen molar-refractivity contribution in [1.82, 2.24) is 25.2 Å². The van der Waals surface area contributed by atoms with E-state index < -0.39 is 5.82 Å². The molecule has 1 aromatic heterocycles. The van der Waals surface area contributed by atoms with E-state index in [0.29, 0.717) is 31.8 Å². The number of hydrogen-bond acceptors (Lipinski definition) is 6. The summed E-state index contributed by atoms with van der Waals surface area (Å²) in [6.07, 6.45) is 5.26. The van der Waals surface area contributed by atoms with Gasteiger partial charge in [0.05, 0.1) is 11.8 Å². The number of nitrogens with one attached hydrogen (secondary N) is 1. The average Bonchev–Trinajstić information content (AvgIpc) is 3.31. The largest absolute Gasteiger partial charge is 0.393 e. The number of aliphatic hydroxyl groups is 1. The Morgan fingerprint density at radius 3 is 2.76 bits per heavy atom. The van der Waals surface area contributed by atoms with Crippen LogP contribution in [0.4, 0.5) is 4.39 Å². The van der Waals surface area contributed by atoms with Gasteiger partial charge in [-0.05, 0) is 56.1 Å². The molecular weight excluding hydrogens is 473 g/mol. The Bertz CT molecular complexity index is 982. The molecule has 8 nitrogen and oxygen atoms in total. The van der Waals surface area contributed by atoms with Crippen LogP contribution in [0.1, 0.15) is 75.5 Å². The van der Waals surface area contributed by atoms with Crippen LogP contribution < -0.4 is 5.32 Å². The highest BCUT2D eigenvalue weighted by molar-refractivity contribution is 5.93. The van der Waals surface area contributed by atoms with Crippen LogP contribution in [0.5, 0.6) is 0 Å². The third-order valence-electron chi connectivity index (χ3n) is 7.08. The zero-order valence-corrected chi connectivity index (χ0v) is 22.8. The Labute approximate surface area is 220 Å². The molecule has 2 N–H and O–H groups in total. The molecule has 0 aliphatic carbocycles. The fourth-order valence-corrected chi connectivity index (χ4v) is 5.11. The number of aliphatic hydroxyl groups excluding tert-OH is 1. The van der Waals surface area contributed by atoms with Crippen LogP contribution in [-0.4, -0.2) is 76.4 Å². The number of methoxy groups -OCH3 is 1. The summed E-state index contributed by atoms with van der Waals surface area (Å²) in [5.74, 6) is -0.256. The molecule has 37 heavy (non-hydrogen) atoms. The molecule has 0 radical (unpaired) electrons. The van der Waals surface area contributed by atoms with Crippen molar-refractivity contribution in [2.45, 2.75) is 77.9 Å². The topological polar surface area (TPSA) is 92.5 Å². The van der Waals surface area contributed by atoms with Gasteiger partial charge in [-0.1, -0.05) is 51.0 Å². The fourth-order valence-electron chi connectivity index (χ4n) is 5.11. The zero-order valence-electron chi connectivity index (χ0n) is 22.8. The lowest BCUT2D eigenvalue weighted by Crippen LogP contribution is -2.54. The van der Waals surface area contributed by atoms with Gasteiger partial charge in [0.1, 0.15) is 11.5 Å². The third-order valence-corrected chi connectivity index (χ3v) is 7.08. The molecule has 1 aliphatic rings. The van der Waals surface area contributed by atoms with E-state index in [4.69, 9.17) is 4.74 Å². The lowest BCUT2D eigenvalue weighted by atomic mass is 9.87. The summed E-state index contributed by atoms with van der Waals surface area (Å²) in [7, 11) is 1.66. The highest BCUT2D eigenvalue weighted by Gasteiger charge is 2.35. The Hall–Kier alpha value is -2.36. The summed E-state index contributed by atoms with van der Waals surface area (Å²) < 4.78 is 21.4. The molecule has 1 aliphatic heterocycles. The molecule has 3 atom stereocenters. The highest BCUT2D eigenvalue weighted by Crippen LogP contribution is 2.26. The number of benzene rings is 1. The number of piperidine rings is 1. The Morgan fingerprint density at radius 2 is 2.05 bits per heavy atom. The van der Waals surface area contributed by atoms with Gasteiger partial charge in [0.15, 0.2) is 5.69 Å². The molecular formula is C28H44FN5O3. The van der Waals surface area contributed by atoms with Crippen LogP contribution in [0, 0.1) is 17.7 Å². The molecule has 1 fully saturated rings. The first-order chi connectivity index (χ1) is 17.9. The number of aromatic nitrogens is 3. The molecule has 0 spiro atoms. The fraction of sp³-hybridized carbons (Fsp3) is 0.679. The standard InChI is InChI=1S/C28H44FN5O3/c1-5-6-14-26(35)21-16-22(18-30-17-21)33(19-20(2)3)28(36)27-25(13-9-10-15-37-4)34(32-31-27)24-12-8-7-11-23(24)29/h7-8,11-12,20-22,26,30,35H,5-6,9-10,13-19H2,1-4H3/t21-,22+,26?/m1/s1. The number of nitrogens with zero attached hydrogens (tertiary/aromatic N) is 4. The van der Waals surface area contributed by atoms with Crippen molar-refractivity contribution < 1.29 is 19.0 Å². The SMILES string of the molecule is CCCCC(O)[C@H]1CNC[C@@H](N(CC(C)C)C(=O)c2nnn(-c3ccccc3F)c2CCCCOC)C1. The van der Waals surface area contributed by atoms with Gasteiger partial charge in [0.2, 0.25) is 0 Å². The molecule has 1 amide bonds. The van der Waals surface area contributed by atoms with Gasteiger partial charge in [-0.2, -0.15) is 0 Å². The Balaban J connectivity index is 1.91. The number of amides is 1. The second-order valence-corrected chi connectivity index (χ2v) is 10.6. The lowest BCUT2D eigenvalue weighted by molar-refractivity contribution is 0.0368. The van der Waals surface area contributed by atoms with Crippen molar-refractivity contribution in [3.8, 4) is 5.69 Å². The minimum Gasteiger partial charge on any atom is -0.393 e. The number of carbonyl (C=O) groups excluding carboxylic acids is 1. The van der Waals surface area contributed by atoms with Gasteiger partial charge in [0, 0.05) is 39.4 Å². The van der Waals surface area contributed by atoms with Gasteiger partial charge < -0.3 is 20.1 Å². The van der Waals surface area contributed by atoms with Crippen molar-refractivity contribution >= 4 is 5.91 Å². The van der Waals surface area contributed by atoms with Crippen molar-refractivity contribution in [3.63, 3.8) is 0 Å². The molecule has 2 aromatic rings. The van der Waals surface area contributed by atoms with E-state index in [-0.39, 0.29) is 41.3 Å². The summed E-state index contributed by atoms with van der Waals surface area (Å²) in [5, 5.41) is 22.8. The predicted octanol–water partition coefficient (Wildman–Crippen LogP) is 4.00. The minimum absolute atomic E-state index is 0.0649. The number of carbonyl (C=O) groups is 1. The number of para-hydroxylation sites is 1. The second kappa shape index (κ2) is 14.5. The maximum Gasteiger partial charge on any atom is 0.276 e. The van der Waals surface area contributed by atoms with E-state index in [1.165, 1.54) is 10.7 Å². The highest BCUT2D eigenvalue weighted by atomic mass is 19.1. The first kappa shape index (κ1) is 29.2. The zero-order chi connectivity index (χ0) is 26.8. The van der Waals surface area contributed by atoms with Crippen LogP contribution in [0.3, 0.4) is 0 Å². The normalized spacial score (nSPS) is 18.8. The molecule has 2 heterocycles. The summed E-state index contributed by atoms with van der Waals surface area (Å²) in [6, 6.07) is 6.35. The smallest absolute Gasteiger partial charge is 0.276 e. The maximum absolute atomic E-state index is 14.7. The van der Waals surface area contributed by atoms with Crippen molar-refractivity contribution in [2.24, 2.45) is 11.8 Å². The number of ether oxygens (including phenoxy) is 1. The second-order valence-electron chi connectivity index (χ2n) is 10.6. The summed E-state index contributed by atoms with van der Waals surface area (Å²) in [5.41, 5.74) is 1.17. The summed E-state index contributed by atoms with van der Waals surface area (Å²) in [4.78, 5) is 16.0. The van der Waals surface area contributed by atoms with E-state index in [0.717, 1.165) is 45.1 Å². The molecule has 1 saturated heterocycles. The number of rotatable bonds is 14. The van der Waals surface area contributed by atoms with Gasteiger partial charge >= 0.3 is 0 Å². The summed E-state index contributed by atoms with van der Waals surface area (Å²) in [6.45, 7) is 8.90. The van der Waals surface area contributed by atoms with Crippen molar-refractivity contribution in [1.29, 1.82) is 0 Å². The lowest BCUT2D eigenvalue weighted by Gasteiger charge is -2.40. The first-order valence-corrected chi connectivity index (χ1v) is 13.7. The maximum atomic E-state index is 14.7. The predicted molar refractivity (Wildman–Crippen MR) is 142 cm³/mol. The van der Waals surface area contributed by atoms with Crippen molar-refractivity contribution in [3.05, 3.63) is 41.5 Å². The van der Waals surface area contributed by atoms with Crippen LogP contribution in [-0.2, 0) is 11.2 Å². The first-order valence-electron chi connectivity index (χ1n) is 13.7.